The van der Waals surface area contributed by atoms with Gasteiger partial charge in [0, 0.05) is 6.07 Å². The Kier molecular flexibility index (Phi) is 5.18. The van der Waals surface area contributed by atoms with Crippen LogP contribution in [0.3, 0.4) is 0 Å². The highest BCUT2D eigenvalue weighted by Crippen LogP contribution is 2.42. The number of carbonyl (C=O) groups is 1. The third-order valence-electron chi connectivity index (χ3n) is 4.09. The molecule has 2 aromatic rings. The summed E-state index contributed by atoms with van der Waals surface area (Å²) in [7, 11) is 1.51. The Morgan fingerprint density at radius 1 is 1.33 bits per heavy atom. The second kappa shape index (κ2) is 7.55. The van der Waals surface area contributed by atoms with Crippen molar-refractivity contribution in [1.82, 2.24) is 0 Å². The van der Waals surface area contributed by atoms with E-state index in [4.69, 9.17) is 24.4 Å². The summed E-state index contributed by atoms with van der Waals surface area (Å²) in [5.41, 5.74) is 6.04. The van der Waals surface area contributed by atoms with Crippen molar-refractivity contribution in [2.45, 2.75) is 19.4 Å². The molecule has 1 aromatic heterocycles. The number of esters is 1. The molecule has 0 spiro atoms. The summed E-state index contributed by atoms with van der Waals surface area (Å²) in [4.78, 5) is 24.9. The molecule has 0 radical (unpaired) electrons. The first-order chi connectivity index (χ1) is 13.0. The van der Waals surface area contributed by atoms with Crippen molar-refractivity contribution in [2.24, 2.45) is 5.73 Å². The third-order valence-corrected chi connectivity index (χ3v) is 4.09. The van der Waals surface area contributed by atoms with Gasteiger partial charge in [-0.25, -0.2) is 4.79 Å². The first-order valence-electron chi connectivity index (χ1n) is 8.26. The zero-order chi connectivity index (χ0) is 19.6. The second-order valence-electron chi connectivity index (χ2n) is 5.74. The van der Waals surface area contributed by atoms with E-state index < -0.39 is 23.9 Å². The topological polar surface area (TPSA) is 121 Å². The maximum Gasteiger partial charge on any atom is 0.340 e. The molecule has 0 saturated carbocycles. The van der Waals surface area contributed by atoms with E-state index in [-0.39, 0.29) is 35.3 Å². The monoisotopic (exact) mass is 373 g/mol. The van der Waals surface area contributed by atoms with Crippen LogP contribution >= 0.6 is 0 Å². The molecule has 3 N–H and O–H groups in total. The van der Waals surface area contributed by atoms with Gasteiger partial charge in [-0.2, -0.15) is 0 Å². The molecule has 0 amide bonds. The fourth-order valence-corrected chi connectivity index (χ4v) is 2.92. The van der Waals surface area contributed by atoms with Crippen LogP contribution in [0.4, 0.5) is 0 Å². The Morgan fingerprint density at radius 3 is 2.78 bits per heavy atom. The van der Waals surface area contributed by atoms with E-state index >= 15 is 0 Å². The molecule has 0 bridgehead atoms. The number of aliphatic hydroxyl groups excluding tert-OH is 1. The van der Waals surface area contributed by atoms with Crippen LogP contribution in [0.15, 0.2) is 51.0 Å². The molecule has 0 fully saturated rings. The van der Waals surface area contributed by atoms with Crippen LogP contribution in [0.25, 0.3) is 0 Å². The number of hydrogen-bond donors (Lipinski definition) is 2. The smallest absolute Gasteiger partial charge is 0.340 e. The van der Waals surface area contributed by atoms with E-state index in [2.05, 4.69) is 0 Å². The van der Waals surface area contributed by atoms with Gasteiger partial charge in [0.15, 0.2) is 5.76 Å². The maximum atomic E-state index is 12.6. The van der Waals surface area contributed by atoms with E-state index in [1.54, 1.807) is 31.2 Å². The zero-order valence-electron chi connectivity index (χ0n) is 14.9. The van der Waals surface area contributed by atoms with Crippen molar-refractivity contribution in [3.8, 4) is 11.5 Å². The summed E-state index contributed by atoms with van der Waals surface area (Å²) in [6, 6.07) is 8.01. The van der Waals surface area contributed by atoms with Crippen LogP contribution in [0, 0.1) is 0 Å². The number of fused-ring (bicyclic) bond motifs is 1. The summed E-state index contributed by atoms with van der Waals surface area (Å²) in [5.74, 6) is -1.27. The van der Waals surface area contributed by atoms with Gasteiger partial charge in [0.2, 0.25) is 17.1 Å². The average Bonchev–Trinajstić information content (AvgIpc) is 2.67. The lowest BCUT2D eigenvalue weighted by molar-refractivity contribution is -0.139. The molecule has 8 nitrogen and oxygen atoms in total. The Morgan fingerprint density at radius 2 is 2.11 bits per heavy atom. The summed E-state index contributed by atoms with van der Waals surface area (Å²) >= 11 is 0. The second-order valence-corrected chi connectivity index (χ2v) is 5.74. The Labute approximate surface area is 154 Å². The molecule has 0 saturated heterocycles. The van der Waals surface area contributed by atoms with E-state index in [0.29, 0.717) is 11.3 Å². The number of rotatable bonds is 5. The van der Waals surface area contributed by atoms with Gasteiger partial charge in [-0.1, -0.05) is 12.1 Å². The Balaban J connectivity index is 2.27. The molecular formula is C19H19NO7. The van der Waals surface area contributed by atoms with Gasteiger partial charge in [0.1, 0.15) is 23.7 Å². The molecule has 8 heteroatoms. The van der Waals surface area contributed by atoms with Gasteiger partial charge in [-0.05, 0) is 24.6 Å². The van der Waals surface area contributed by atoms with Crippen molar-refractivity contribution < 1.29 is 28.5 Å². The first-order valence-corrected chi connectivity index (χ1v) is 8.26. The minimum atomic E-state index is -0.859. The van der Waals surface area contributed by atoms with Gasteiger partial charge in [-0.15, -0.1) is 0 Å². The Hall–Kier alpha value is -3.26. The lowest BCUT2D eigenvalue weighted by atomic mass is 9.86. The summed E-state index contributed by atoms with van der Waals surface area (Å²) in [5, 5.41) is 9.39. The van der Waals surface area contributed by atoms with Crippen molar-refractivity contribution in [1.29, 1.82) is 0 Å². The fourth-order valence-electron chi connectivity index (χ4n) is 2.92. The van der Waals surface area contributed by atoms with Crippen LogP contribution in [0.2, 0.25) is 0 Å². The van der Waals surface area contributed by atoms with Gasteiger partial charge < -0.3 is 29.5 Å². The normalized spacial score (nSPS) is 15.7. The summed E-state index contributed by atoms with van der Waals surface area (Å²) in [6.07, 6.45) is 0. The number of carbonyl (C=O) groups excluding carboxylic acids is 1. The first kappa shape index (κ1) is 18.5. The molecule has 0 aliphatic carbocycles. The van der Waals surface area contributed by atoms with E-state index in [9.17, 15) is 14.7 Å². The predicted octanol–water partition coefficient (Wildman–Crippen LogP) is 1.40. The van der Waals surface area contributed by atoms with Crippen LogP contribution in [-0.4, -0.2) is 24.8 Å². The lowest BCUT2D eigenvalue weighted by Gasteiger charge is -2.27. The molecule has 1 aliphatic rings. The van der Waals surface area contributed by atoms with Crippen LogP contribution < -0.4 is 20.6 Å². The number of hydrogen-bond acceptors (Lipinski definition) is 8. The van der Waals surface area contributed by atoms with Gasteiger partial charge in [-0.3, -0.25) is 4.79 Å². The number of benzene rings is 1. The van der Waals surface area contributed by atoms with Crippen molar-refractivity contribution in [2.75, 3.05) is 13.7 Å². The van der Waals surface area contributed by atoms with Gasteiger partial charge in [0.25, 0.3) is 0 Å². The van der Waals surface area contributed by atoms with Crippen LogP contribution in [0.1, 0.15) is 29.9 Å². The molecule has 0 unspecified atom stereocenters. The molecule has 1 aliphatic heterocycles. The van der Waals surface area contributed by atoms with E-state index in [0.717, 1.165) is 6.07 Å². The average molecular weight is 373 g/mol. The molecular weight excluding hydrogens is 354 g/mol. The van der Waals surface area contributed by atoms with Crippen LogP contribution in [-0.2, 0) is 16.1 Å². The molecule has 3 rings (SSSR count). The molecule has 2 heterocycles. The maximum absolute atomic E-state index is 12.6. The van der Waals surface area contributed by atoms with Crippen molar-refractivity contribution in [3.05, 3.63) is 69.1 Å². The summed E-state index contributed by atoms with van der Waals surface area (Å²) < 4.78 is 21.4. The highest BCUT2D eigenvalue weighted by atomic mass is 16.5. The third kappa shape index (κ3) is 3.39. The number of ether oxygens (including phenoxy) is 3. The quantitative estimate of drug-likeness (QED) is 0.755. The molecule has 142 valence electrons. The molecule has 1 atom stereocenters. The largest absolute Gasteiger partial charge is 0.497 e. The number of nitrogens with two attached hydrogens (primary N) is 1. The van der Waals surface area contributed by atoms with E-state index in [1.807, 2.05) is 0 Å². The zero-order valence-corrected chi connectivity index (χ0v) is 14.9. The summed E-state index contributed by atoms with van der Waals surface area (Å²) in [6.45, 7) is 1.31. The van der Waals surface area contributed by atoms with Crippen LogP contribution in [0.5, 0.6) is 11.5 Å². The minimum absolute atomic E-state index is 0.0100. The van der Waals surface area contributed by atoms with Gasteiger partial charge in [0.05, 0.1) is 19.6 Å². The van der Waals surface area contributed by atoms with Crippen molar-refractivity contribution in [3.63, 3.8) is 0 Å². The minimum Gasteiger partial charge on any atom is -0.497 e. The van der Waals surface area contributed by atoms with Gasteiger partial charge >= 0.3 is 5.97 Å². The lowest BCUT2D eigenvalue weighted by Crippen LogP contribution is -2.30. The highest BCUT2D eigenvalue weighted by molar-refractivity contribution is 5.92. The molecule has 1 aromatic carbocycles. The number of methoxy groups -OCH3 is 1. The molecule has 27 heavy (non-hydrogen) atoms. The Bertz CT molecular complexity index is 961. The highest BCUT2D eigenvalue weighted by Gasteiger charge is 2.39. The fraction of sp³-hybridized carbons (Fsp3) is 0.263. The van der Waals surface area contributed by atoms with E-state index in [1.165, 1.54) is 7.11 Å². The number of aliphatic hydroxyl groups is 1. The SMILES string of the molecule is CCOC(=O)C1=C(N)Oc2c(oc(CO)cc2=O)[C@H]1c1cccc(OC)c1. The standard InChI is InChI=1S/C19H19NO7/c1-3-25-19(23)15-14(10-5-4-6-11(7-10)24-2)17-16(27-18(15)20)13(22)8-12(9-21)26-17/h4-8,14,21H,3,9,20H2,1-2H3/t14-/m0/s1. The van der Waals surface area contributed by atoms with Crippen molar-refractivity contribution >= 4 is 5.97 Å². The predicted molar refractivity (Wildman–Crippen MR) is 94.2 cm³/mol.